The number of hydrogen-bond donors (Lipinski definition) is 2. The lowest BCUT2D eigenvalue weighted by molar-refractivity contribution is 1.45. The maximum absolute atomic E-state index is 6.11. The molecule has 0 atom stereocenters. The van der Waals surface area contributed by atoms with Gasteiger partial charge in [0.2, 0.25) is 0 Å². The van der Waals surface area contributed by atoms with Crippen LogP contribution in [0.1, 0.15) is 11.1 Å². The highest BCUT2D eigenvalue weighted by atomic mass is 35.5. The molecule has 2 aromatic rings. The Labute approximate surface area is 117 Å². The Morgan fingerprint density at radius 2 is 1.83 bits per heavy atom. The van der Waals surface area contributed by atoms with Gasteiger partial charge in [-0.25, -0.2) is 0 Å². The Kier molecular flexibility index (Phi) is 3.84. The zero-order chi connectivity index (χ0) is 13.1. The molecule has 2 aromatic carbocycles. The minimum absolute atomic E-state index is 0.287. The first kappa shape index (κ1) is 12.9. The number of benzene rings is 2. The van der Waals surface area contributed by atoms with Gasteiger partial charge in [-0.1, -0.05) is 47.6 Å². The quantitative estimate of drug-likeness (QED) is 0.832. The molecule has 2 rings (SSSR count). The second-order valence-electron chi connectivity index (χ2n) is 4.02. The maximum atomic E-state index is 6.11. The summed E-state index contributed by atoms with van der Waals surface area (Å²) >= 11 is 11.1. The first-order valence-corrected chi connectivity index (χ1v) is 6.28. The molecule has 2 nitrogen and oxygen atoms in total. The minimum Gasteiger partial charge on any atom is -0.389 e. The lowest BCUT2D eigenvalue weighted by Gasteiger charge is -2.12. The van der Waals surface area contributed by atoms with Crippen LogP contribution in [0.3, 0.4) is 0 Å². The van der Waals surface area contributed by atoms with Crippen LogP contribution in [-0.2, 0) is 0 Å². The summed E-state index contributed by atoms with van der Waals surface area (Å²) in [6.07, 6.45) is 0. The van der Waals surface area contributed by atoms with Crippen molar-refractivity contribution < 1.29 is 0 Å². The van der Waals surface area contributed by atoms with Crippen LogP contribution in [-0.4, -0.2) is 4.99 Å². The molecular formula is C14H13ClN2S. The number of thiocarbonyl (C=S) groups is 1. The van der Waals surface area contributed by atoms with E-state index in [1.165, 1.54) is 5.56 Å². The molecule has 0 saturated heterocycles. The summed E-state index contributed by atoms with van der Waals surface area (Å²) in [5.74, 6) is 0. The third kappa shape index (κ3) is 2.81. The molecular weight excluding hydrogens is 264 g/mol. The van der Waals surface area contributed by atoms with Crippen molar-refractivity contribution in [2.24, 2.45) is 5.73 Å². The number of nitrogens with two attached hydrogens (primary N) is 1. The van der Waals surface area contributed by atoms with E-state index < -0.39 is 0 Å². The van der Waals surface area contributed by atoms with Crippen molar-refractivity contribution in [1.82, 2.24) is 0 Å². The Balaban J connectivity index is 2.37. The van der Waals surface area contributed by atoms with Crippen LogP contribution in [0.2, 0.25) is 5.02 Å². The molecule has 0 aromatic heterocycles. The van der Waals surface area contributed by atoms with Gasteiger partial charge in [0.05, 0.1) is 16.3 Å². The summed E-state index contributed by atoms with van der Waals surface area (Å²) in [4.78, 5) is 0.287. The Morgan fingerprint density at radius 1 is 1.17 bits per heavy atom. The molecule has 0 fully saturated rings. The topological polar surface area (TPSA) is 38.0 Å². The Bertz CT molecular complexity index is 579. The molecule has 0 unspecified atom stereocenters. The highest BCUT2D eigenvalue weighted by molar-refractivity contribution is 7.80. The molecule has 18 heavy (non-hydrogen) atoms. The van der Waals surface area contributed by atoms with Crippen molar-refractivity contribution >= 4 is 40.2 Å². The summed E-state index contributed by atoms with van der Waals surface area (Å²) in [5, 5.41) is 3.83. The summed E-state index contributed by atoms with van der Waals surface area (Å²) in [7, 11) is 0. The molecule has 0 aliphatic heterocycles. The highest BCUT2D eigenvalue weighted by Crippen LogP contribution is 2.27. The molecule has 4 heteroatoms. The van der Waals surface area contributed by atoms with Gasteiger partial charge in [0, 0.05) is 5.69 Å². The van der Waals surface area contributed by atoms with Gasteiger partial charge in [0.15, 0.2) is 0 Å². The van der Waals surface area contributed by atoms with Crippen LogP contribution in [0.5, 0.6) is 0 Å². The summed E-state index contributed by atoms with van der Waals surface area (Å²) in [6.45, 7) is 2.05. The van der Waals surface area contributed by atoms with Crippen molar-refractivity contribution in [1.29, 1.82) is 0 Å². The lowest BCUT2D eigenvalue weighted by Crippen LogP contribution is -2.12. The smallest absolute Gasteiger partial charge is 0.107 e. The first-order valence-electron chi connectivity index (χ1n) is 5.50. The zero-order valence-corrected chi connectivity index (χ0v) is 11.5. The number of nitrogens with one attached hydrogen (secondary N) is 1. The molecule has 0 bridgehead atoms. The van der Waals surface area contributed by atoms with Gasteiger partial charge in [-0.2, -0.15) is 0 Å². The lowest BCUT2D eigenvalue weighted by atomic mass is 10.1. The first-order chi connectivity index (χ1) is 8.58. The molecule has 92 valence electrons. The van der Waals surface area contributed by atoms with Gasteiger partial charge in [0.25, 0.3) is 0 Å². The Hall–Kier alpha value is -1.58. The fourth-order valence-corrected chi connectivity index (χ4v) is 2.22. The van der Waals surface area contributed by atoms with Gasteiger partial charge in [-0.15, -0.1) is 0 Å². The predicted molar refractivity (Wildman–Crippen MR) is 81.8 cm³/mol. The van der Waals surface area contributed by atoms with E-state index in [0.717, 1.165) is 11.4 Å². The number of aryl methyl sites for hydroxylation is 1. The minimum atomic E-state index is 0.287. The third-order valence-corrected chi connectivity index (χ3v) is 3.11. The van der Waals surface area contributed by atoms with E-state index in [4.69, 9.17) is 29.6 Å². The van der Waals surface area contributed by atoms with E-state index in [9.17, 15) is 0 Å². The standard InChI is InChI=1S/C14H13ClN2S/c1-9-5-7-10(8-6-9)17-12-4-2-3-11(15)13(12)14(16)18/h2-8,17H,1H3,(H2,16,18). The molecule has 3 N–H and O–H groups in total. The molecule has 0 saturated carbocycles. The second-order valence-corrected chi connectivity index (χ2v) is 4.86. The van der Waals surface area contributed by atoms with Gasteiger partial charge in [0.1, 0.15) is 4.99 Å². The summed E-state index contributed by atoms with van der Waals surface area (Å²) < 4.78 is 0. The summed E-state index contributed by atoms with van der Waals surface area (Å²) in [5.41, 5.74) is 9.38. The molecule has 0 aliphatic carbocycles. The number of rotatable bonds is 3. The van der Waals surface area contributed by atoms with Crippen LogP contribution < -0.4 is 11.1 Å². The van der Waals surface area contributed by atoms with Crippen LogP contribution >= 0.6 is 23.8 Å². The third-order valence-electron chi connectivity index (χ3n) is 2.59. The fraction of sp³-hybridized carbons (Fsp3) is 0.0714. The summed E-state index contributed by atoms with van der Waals surface area (Å²) in [6, 6.07) is 13.6. The van der Waals surface area contributed by atoms with Crippen LogP contribution in [0.15, 0.2) is 42.5 Å². The van der Waals surface area contributed by atoms with E-state index in [-0.39, 0.29) is 4.99 Å². The molecule has 0 radical (unpaired) electrons. The van der Waals surface area contributed by atoms with Crippen molar-refractivity contribution in [2.75, 3.05) is 5.32 Å². The van der Waals surface area contributed by atoms with Crippen LogP contribution in [0.4, 0.5) is 11.4 Å². The van der Waals surface area contributed by atoms with E-state index in [0.29, 0.717) is 10.6 Å². The van der Waals surface area contributed by atoms with Crippen molar-refractivity contribution in [3.05, 3.63) is 58.6 Å². The molecule has 0 amide bonds. The largest absolute Gasteiger partial charge is 0.389 e. The van der Waals surface area contributed by atoms with Crippen LogP contribution in [0.25, 0.3) is 0 Å². The van der Waals surface area contributed by atoms with Crippen molar-refractivity contribution in [3.63, 3.8) is 0 Å². The molecule has 0 heterocycles. The van der Waals surface area contributed by atoms with E-state index in [1.807, 2.05) is 43.3 Å². The average Bonchev–Trinajstić information content (AvgIpc) is 2.32. The second kappa shape index (κ2) is 5.38. The number of hydrogen-bond acceptors (Lipinski definition) is 2. The number of halogens is 1. The average molecular weight is 277 g/mol. The van der Waals surface area contributed by atoms with Gasteiger partial charge >= 0.3 is 0 Å². The van der Waals surface area contributed by atoms with Crippen molar-refractivity contribution in [2.45, 2.75) is 6.92 Å². The number of anilines is 2. The molecule has 0 aliphatic rings. The molecule has 0 spiro atoms. The predicted octanol–water partition coefficient (Wildman–Crippen LogP) is 4.03. The van der Waals surface area contributed by atoms with E-state index >= 15 is 0 Å². The Morgan fingerprint density at radius 3 is 2.44 bits per heavy atom. The van der Waals surface area contributed by atoms with Gasteiger partial charge in [-0.05, 0) is 31.2 Å². The fourth-order valence-electron chi connectivity index (χ4n) is 1.67. The van der Waals surface area contributed by atoms with Crippen molar-refractivity contribution in [3.8, 4) is 0 Å². The maximum Gasteiger partial charge on any atom is 0.107 e. The SMILES string of the molecule is Cc1ccc(Nc2cccc(Cl)c2C(N)=S)cc1. The van der Waals surface area contributed by atoms with Gasteiger partial charge < -0.3 is 11.1 Å². The van der Waals surface area contributed by atoms with E-state index in [1.54, 1.807) is 6.07 Å². The monoisotopic (exact) mass is 276 g/mol. The zero-order valence-electron chi connectivity index (χ0n) is 9.91. The van der Waals surface area contributed by atoms with Gasteiger partial charge in [-0.3, -0.25) is 0 Å². The highest BCUT2D eigenvalue weighted by Gasteiger charge is 2.09. The van der Waals surface area contributed by atoms with E-state index in [2.05, 4.69) is 5.32 Å². The van der Waals surface area contributed by atoms with Crippen LogP contribution in [0, 0.1) is 6.92 Å². The normalized spacial score (nSPS) is 10.1.